The highest BCUT2D eigenvalue weighted by molar-refractivity contribution is 5.73. The first-order chi connectivity index (χ1) is 9.41. The summed E-state index contributed by atoms with van der Waals surface area (Å²) in [7, 11) is 0. The monoisotopic (exact) mass is 276 g/mol. The minimum atomic E-state index is -1.22. The number of aliphatic hydroxyl groups is 1. The summed E-state index contributed by atoms with van der Waals surface area (Å²) in [6, 6.07) is 4.41. The van der Waals surface area contributed by atoms with Crippen LogP contribution < -0.4 is 0 Å². The molecule has 0 aliphatic rings. The third-order valence-electron chi connectivity index (χ3n) is 3.23. The molecule has 0 radical (unpaired) electrons. The molecule has 1 aromatic heterocycles. The summed E-state index contributed by atoms with van der Waals surface area (Å²) < 4.78 is 1.14. The van der Waals surface area contributed by atoms with Crippen LogP contribution in [0.5, 0.6) is 0 Å². The van der Waals surface area contributed by atoms with Crippen LogP contribution in [-0.2, 0) is 4.79 Å². The molecule has 0 saturated carbocycles. The molecule has 0 aliphatic heterocycles. The van der Waals surface area contributed by atoms with Crippen molar-refractivity contribution in [2.45, 2.75) is 32.9 Å². The van der Waals surface area contributed by atoms with Crippen molar-refractivity contribution in [2.75, 3.05) is 0 Å². The van der Waals surface area contributed by atoms with Gasteiger partial charge in [-0.05, 0) is 48.4 Å². The summed E-state index contributed by atoms with van der Waals surface area (Å²) in [4.78, 5) is 11.3. The molecule has 7 nitrogen and oxygen atoms in total. The van der Waals surface area contributed by atoms with Gasteiger partial charge in [0.25, 0.3) is 0 Å². The highest BCUT2D eigenvalue weighted by atomic mass is 16.4. The van der Waals surface area contributed by atoms with Crippen molar-refractivity contribution in [3.63, 3.8) is 0 Å². The fourth-order valence-electron chi connectivity index (χ4n) is 1.97. The molecule has 0 aliphatic carbocycles. The van der Waals surface area contributed by atoms with Crippen molar-refractivity contribution in [1.82, 2.24) is 20.2 Å². The first kappa shape index (κ1) is 14.1. The molecule has 0 amide bonds. The van der Waals surface area contributed by atoms with Gasteiger partial charge in [-0.1, -0.05) is 12.1 Å². The van der Waals surface area contributed by atoms with Gasteiger partial charge in [-0.2, -0.15) is 0 Å². The van der Waals surface area contributed by atoms with Gasteiger partial charge in [0.05, 0.1) is 6.10 Å². The van der Waals surface area contributed by atoms with Crippen LogP contribution in [0.4, 0.5) is 0 Å². The zero-order valence-electron chi connectivity index (χ0n) is 11.5. The lowest BCUT2D eigenvalue weighted by Crippen LogP contribution is -2.30. The van der Waals surface area contributed by atoms with E-state index in [0.717, 1.165) is 15.8 Å². The average Bonchev–Trinajstić information content (AvgIpc) is 2.80. The Balaban J connectivity index is 2.51. The van der Waals surface area contributed by atoms with E-state index in [4.69, 9.17) is 0 Å². The van der Waals surface area contributed by atoms with Gasteiger partial charge in [0, 0.05) is 5.56 Å². The van der Waals surface area contributed by atoms with Crippen LogP contribution in [-0.4, -0.2) is 42.5 Å². The number of aliphatic hydroxyl groups excluding tert-OH is 1. The summed E-state index contributed by atoms with van der Waals surface area (Å²) in [6.07, 6.45) is -1.11. The van der Waals surface area contributed by atoms with E-state index in [1.807, 2.05) is 32.0 Å². The molecule has 7 heteroatoms. The Morgan fingerprint density at radius 3 is 2.55 bits per heavy atom. The van der Waals surface area contributed by atoms with Crippen molar-refractivity contribution in [3.05, 3.63) is 29.3 Å². The number of tetrazole rings is 1. The Kier molecular flexibility index (Phi) is 3.80. The minimum absolute atomic E-state index is 0.321. The summed E-state index contributed by atoms with van der Waals surface area (Å²) in [5.74, 6) is -0.862. The molecule has 1 heterocycles. The van der Waals surface area contributed by atoms with Crippen LogP contribution >= 0.6 is 0 Å². The lowest BCUT2D eigenvalue weighted by Gasteiger charge is -2.16. The molecule has 1 aromatic carbocycles. The molecule has 2 unspecified atom stereocenters. The van der Waals surface area contributed by atoms with Crippen molar-refractivity contribution < 1.29 is 15.0 Å². The number of carboxylic acids is 1. The Bertz CT molecular complexity index is 636. The van der Waals surface area contributed by atoms with Crippen molar-refractivity contribution in [2.24, 2.45) is 0 Å². The van der Waals surface area contributed by atoms with Gasteiger partial charge >= 0.3 is 5.97 Å². The van der Waals surface area contributed by atoms with Gasteiger partial charge in [0.2, 0.25) is 0 Å². The summed E-state index contributed by atoms with van der Waals surface area (Å²) in [5.41, 5.74) is 2.89. The van der Waals surface area contributed by atoms with E-state index >= 15 is 0 Å². The van der Waals surface area contributed by atoms with E-state index in [-0.39, 0.29) is 0 Å². The fourth-order valence-corrected chi connectivity index (χ4v) is 1.97. The smallest absolute Gasteiger partial charge is 0.331 e. The lowest BCUT2D eigenvalue weighted by molar-refractivity contribution is -0.144. The Morgan fingerprint density at radius 2 is 2.00 bits per heavy atom. The van der Waals surface area contributed by atoms with Gasteiger partial charge in [0.15, 0.2) is 11.9 Å². The quantitative estimate of drug-likeness (QED) is 0.862. The van der Waals surface area contributed by atoms with E-state index in [0.29, 0.717) is 11.4 Å². The fraction of sp³-hybridized carbons (Fsp3) is 0.385. The van der Waals surface area contributed by atoms with Gasteiger partial charge in [0.1, 0.15) is 0 Å². The number of hydrogen-bond acceptors (Lipinski definition) is 5. The molecule has 2 N–H and O–H groups in total. The van der Waals surface area contributed by atoms with Crippen molar-refractivity contribution in [1.29, 1.82) is 0 Å². The lowest BCUT2D eigenvalue weighted by atomic mass is 10.1. The Hall–Kier alpha value is -2.28. The Labute approximate surface area is 115 Å². The van der Waals surface area contributed by atoms with Crippen LogP contribution in [0.25, 0.3) is 11.4 Å². The van der Waals surface area contributed by atoms with E-state index in [1.165, 1.54) is 6.92 Å². The number of aromatic nitrogens is 4. The summed E-state index contributed by atoms with van der Waals surface area (Å²) in [5, 5.41) is 29.9. The van der Waals surface area contributed by atoms with Crippen LogP contribution in [0.2, 0.25) is 0 Å². The van der Waals surface area contributed by atoms with E-state index < -0.39 is 18.1 Å². The van der Waals surface area contributed by atoms with Crippen LogP contribution in [0.1, 0.15) is 24.1 Å². The minimum Gasteiger partial charge on any atom is -0.480 e. The zero-order valence-corrected chi connectivity index (χ0v) is 11.5. The highest BCUT2D eigenvalue weighted by Gasteiger charge is 2.29. The maximum Gasteiger partial charge on any atom is 0.331 e. The number of carbonyl (C=O) groups is 1. The van der Waals surface area contributed by atoms with E-state index in [1.54, 1.807) is 0 Å². The molecular formula is C13H16N4O3. The first-order valence-electron chi connectivity index (χ1n) is 6.18. The average molecular weight is 276 g/mol. The SMILES string of the molecule is Cc1ccc(-c2nnnn2C(C(=O)O)C(C)O)cc1C. The van der Waals surface area contributed by atoms with Crippen LogP contribution in [0.3, 0.4) is 0 Å². The number of hydrogen-bond donors (Lipinski definition) is 2. The third-order valence-corrected chi connectivity index (χ3v) is 3.23. The standard InChI is InChI=1S/C13H16N4O3/c1-7-4-5-10(6-8(7)2)12-14-15-16-17(12)11(9(3)18)13(19)20/h4-6,9,11,18H,1-3H3,(H,19,20). The number of aliphatic carboxylic acids is 1. The number of nitrogens with zero attached hydrogens (tertiary/aromatic N) is 4. The van der Waals surface area contributed by atoms with Gasteiger partial charge in [-0.25, -0.2) is 9.48 Å². The molecule has 0 saturated heterocycles. The molecule has 20 heavy (non-hydrogen) atoms. The van der Waals surface area contributed by atoms with Crippen molar-refractivity contribution in [3.8, 4) is 11.4 Å². The predicted molar refractivity (Wildman–Crippen MR) is 71.1 cm³/mol. The maximum atomic E-state index is 11.3. The molecule has 106 valence electrons. The molecular weight excluding hydrogens is 260 g/mol. The second-order valence-corrected chi connectivity index (χ2v) is 4.77. The third kappa shape index (κ3) is 2.53. The largest absolute Gasteiger partial charge is 0.480 e. The second kappa shape index (κ2) is 5.38. The number of aryl methyl sites for hydroxylation is 2. The van der Waals surface area contributed by atoms with Crippen LogP contribution in [0, 0.1) is 13.8 Å². The van der Waals surface area contributed by atoms with Gasteiger partial charge < -0.3 is 10.2 Å². The molecule has 2 atom stereocenters. The normalized spacial score (nSPS) is 14.0. The second-order valence-electron chi connectivity index (χ2n) is 4.77. The predicted octanol–water partition coefficient (Wildman–Crippen LogP) is 0.963. The van der Waals surface area contributed by atoms with Crippen LogP contribution in [0.15, 0.2) is 18.2 Å². The van der Waals surface area contributed by atoms with Gasteiger partial charge in [-0.3, -0.25) is 0 Å². The maximum absolute atomic E-state index is 11.3. The number of carboxylic acid groups (broad SMARTS) is 1. The summed E-state index contributed by atoms with van der Waals surface area (Å²) in [6.45, 7) is 5.33. The zero-order chi connectivity index (χ0) is 14.9. The highest BCUT2D eigenvalue weighted by Crippen LogP contribution is 2.23. The molecule has 0 spiro atoms. The van der Waals surface area contributed by atoms with Crippen molar-refractivity contribution >= 4 is 5.97 Å². The molecule has 0 fully saturated rings. The molecule has 2 rings (SSSR count). The molecule has 2 aromatic rings. The summed E-state index contributed by atoms with van der Waals surface area (Å²) >= 11 is 0. The number of rotatable bonds is 4. The Morgan fingerprint density at radius 1 is 1.30 bits per heavy atom. The van der Waals surface area contributed by atoms with E-state index in [2.05, 4.69) is 15.5 Å². The van der Waals surface area contributed by atoms with E-state index in [9.17, 15) is 15.0 Å². The van der Waals surface area contributed by atoms with Gasteiger partial charge in [-0.15, -0.1) is 5.10 Å². The molecule has 0 bridgehead atoms. The first-order valence-corrected chi connectivity index (χ1v) is 6.18. The topological polar surface area (TPSA) is 101 Å². The number of benzene rings is 1.